The molecule has 0 aromatic carbocycles. The van der Waals surface area contributed by atoms with Crippen molar-refractivity contribution in [3.05, 3.63) is 35.1 Å². The van der Waals surface area contributed by atoms with E-state index in [2.05, 4.69) is 15.3 Å². The molecule has 1 N–H and O–H groups in total. The summed E-state index contributed by atoms with van der Waals surface area (Å²) in [5.41, 5.74) is 1.50. The number of thiazole rings is 1. The topological polar surface area (TPSA) is 54.9 Å². The number of hydrogen-bond acceptors (Lipinski definition) is 4. The first-order valence-corrected chi connectivity index (χ1v) is 6.89. The van der Waals surface area contributed by atoms with Crippen LogP contribution in [0.3, 0.4) is 0 Å². The van der Waals surface area contributed by atoms with Crippen molar-refractivity contribution in [2.45, 2.75) is 33.2 Å². The van der Waals surface area contributed by atoms with E-state index in [0.717, 1.165) is 16.3 Å². The van der Waals surface area contributed by atoms with Crippen LogP contribution in [0, 0.1) is 6.92 Å². The van der Waals surface area contributed by atoms with Crippen molar-refractivity contribution < 1.29 is 4.79 Å². The summed E-state index contributed by atoms with van der Waals surface area (Å²) in [5, 5.41) is 3.81. The maximum atomic E-state index is 12.2. The lowest BCUT2D eigenvalue weighted by molar-refractivity contribution is 0.0923. The lowest BCUT2D eigenvalue weighted by atomic mass is 10.1. The van der Waals surface area contributed by atoms with E-state index < -0.39 is 0 Å². The number of nitrogens with one attached hydrogen (secondary N) is 1. The summed E-state index contributed by atoms with van der Waals surface area (Å²) < 4.78 is 0. The Hall–Kier alpha value is -1.75. The van der Waals surface area contributed by atoms with Gasteiger partial charge >= 0.3 is 0 Å². The Balaban J connectivity index is 2.30. The van der Waals surface area contributed by atoms with Crippen LogP contribution < -0.4 is 5.32 Å². The minimum atomic E-state index is -0.246. The lowest BCUT2D eigenvalue weighted by Crippen LogP contribution is -2.40. The van der Waals surface area contributed by atoms with Gasteiger partial charge < -0.3 is 5.32 Å². The van der Waals surface area contributed by atoms with Gasteiger partial charge in [-0.25, -0.2) is 4.98 Å². The van der Waals surface area contributed by atoms with Gasteiger partial charge in [-0.05, 0) is 39.8 Å². The average Bonchev–Trinajstić information content (AvgIpc) is 2.70. The summed E-state index contributed by atoms with van der Waals surface area (Å²) in [5.74, 6) is -0.0668. The minimum absolute atomic E-state index is 0.0668. The Kier molecular flexibility index (Phi) is 3.66. The van der Waals surface area contributed by atoms with Crippen LogP contribution in [0.25, 0.3) is 10.6 Å². The van der Waals surface area contributed by atoms with Crippen molar-refractivity contribution in [2.75, 3.05) is 0 Å². The number of carbonyl (C=O) groups is 1. The second-order valence-electron chi connectivity index (χ2n) is 5.37. The molecule has 0 bridgehead atoms. The van der Waals surface area contributed by atoms with E-state index in [1.807, 2.05) is 39.8 Å². The van der Waals surface area contributed by atoms with Crippen molar-refractivity contribution in [1.82, 2.24) is 15.3 Å². The first-order valence-electron chi connectivity index (χ1n) is 6.07. The van der Waals surface area contributed by atoms with Gasteiger partial charge in [-0.3, -0.25) is 9.78 Å². The molecule has 0 spiro atoms. The molecule has 2 aromatic rings. The first kappa shape index (κ1) is 13.7. The normalized spacial score (nSPS) is 11.4. The fourth-order valence-corrected chi connectivity index (χ4v) is 2.59. The third-order valence-corrected chi connectivity index (χ3v) is 3.62. The fraction of sp³-hybridized carbons (Fsp3) is 0.357. The Bertz CT molecular complexity index is 584. The van der Waals surface area contributed by atoms with E-state index in [1.54, 1.807) is 12.4 Å². The molecular weight excluding hydrogens is 258 g/mol. The highest BCUT2D eigenvalue weighted by atomic mass is 32.1. The minimum Gasteiger partial charge on any atom is -0.347 e. The molecule has 0 aliphatic heterocycles. The number of nitrogens with zero attached hydrogens (tertiary/aromatic N) is 2. The van der Waals surface area contributed by atoms with E-state index in [9.17, 15) is 4.79 Å². The Morgan fingerprint density at radius 2 is 1.89 bits per heavy atom. The molecule has 0 aliphatic rings. The molecule has 2 aromatic heterocycles. The molecule has 2 rings (SSSR count). The second-order valence-corrected chi connectivity index (χ2v) is 6.37. The number of rotatable bonds is 2. The molecule has 2 heterocycles. The molecule has 19 heavy (non-hydrogen) atoms. The summed E-state index contributed by atoms with van der Waals surface area (Å²) in [6.07, 6.45) is 3.45. The third-order valence-electron chi connectivity index (χ3n) is 2.42. The van der Waals surface area contributed by atoms with E-state index in [-0.39, 0.29) is 11.4 Å². The maximum Gasteiger partial charge on any atom is 0.263 e. The van der Waals surface area contributed by atoms with Crippen LogP contribution in [0.15, 0.2) is 24.5 Å². The predicted octanol–water partition coefficient (Wildman–Crippen LogP) is 3.04. The molecule has 0 unspecified atom stereocenters. The zero-order valence-electron chi connectivity index (χ0n) is 11.5. The fourth-order valence-electron chi connectivity index (χ4n) is 1.62. The van der Waals surface area contributed by atoms with Crippen molar-refractivity contribution in [2.24, 2.45) is 0 Å². The SMILES string of the molecule is Cc1nc(-c2ccncc2)sc1C(=O)NC(C)(C)C. The maximum absolute atomic E-state index is 12.2. The molecule has 0 saturated carbocycles. The molecule has 0 atom stereocenters. The summed E-state index contributed by atoms with van der Waals surface area (Å²) >= 11 is 1.41. The van der Waals surface area contributed by atoms with Gasteiger partial charge in [0, 0.05) is 23.5 Å². The number of hydrogen-bond donors (Lipinski definition) is 1. The van der Waals surface area contributed by atoms with E-state index in [4.69, 9.17) is 0 Å². The smallest absolute Gasteiger partial charge is 0.263 e. The van der Waals surface area contributed by atoms with Crippen LogP contribution in [0.2, 0.25) is 0 Å². The van der Waals surface area contributed by atoms with Crippen LogP contribution in [0.1, 0.15) is 36.1 Å². The molecule has 0 fully saturated rings. The standard InChI is InChI=1S/C14H17N3OS/c1-9-11(12(18)17-14(2,3)4)19-13(16-9)10-5-7-15-8-6-10/h5-8H,1-4H3,(H,17,18). The number of aromatic nitrogens is 2. The summed E-state index contributed by atoms with van der Waals surface area (Å²) in [6.45, 7) is 7.75. The van der Waals surface area contributed by atoms with Crippen molar-refractivity contribution >= 4 is 17.2 Å². The zero-order valence-corrected chi connectivity index (χ0v) is 12.3. The van der Waals surface area contributed by atoms with Gasteiger partial charge in [-0.1, -0.05) is 0 Å². The largest absolute Gasteiger partial charge is 0.347 e. The van der Waals surface area contributed by atoms with E-state index in [1.165, 1.54) is 11.3 Å². The van der Waals surface area contributed by atoms with Gasteiger partial charge in [-0.15, -0.1) is 11.3 Å². The quantitative estimate of drug-likeness (QED) is 0.916. The first-order chi connectivity index (χ1) is 8.87. The number of amides is 1. The molecule has 1 amide bonds. The molecule has 0 radical (unpaired) electrons. The number of carbonyl (C=O) groups excluding carboxylic acids is 1. The highest BCUT2D eigenvalue weighted by Crippen LogP contribution is 2.27. The Morgan fingerprint density at radius 3 is 2.47 bits per heavy atom. The van der Waals surface area contributed by atoms with E-state index in [0.29, 0.717) is 4.88 Å². The van der Waals surface area contributed by atoms with Gasteiger partial charge in [0.1, 0.15) is 9.88 Å². The number of aryl methyl sites for hydroxylation is 1. The van der Waals surface area contributed by atoms with Crippen LogP contribution in [0.4, 0.5) is 0 Å². The molecule has 100 valence electrons. The van der Waals surface area contributed by atoms with Crippen molar-refractivity contribution in [3.8, 4) is 10.6 Å². The van der Waals surface area contributed by atoms with Crippen LogP contribution in [-0.2, 0) is 0 Å². The molecule has 4 nitrogen and oxygen atoms in total. The Morgan fingerprint density at radius 1 is 1.26 bits per heavy atom. The third kappa shape index (κ3) is 3.38. The second kappa shape index (κ2) is 5.09. The lowest BCUT2D eigenvalue weighted by Gasteiger charge is -2.19. The Labute approximate surface area is 116 Å². The molecule has 5 heteroatoms. The van der Waals surface area contributed by atoms with Gasteiger partial charge in [0.05, 0.1) is 5.69 Å². The zero-order chi connectivity index (χ0) is 14.0. The van der Waals surface area contributed by atoms with Crippen molar-refractivity contribution in [3.63, 3.8) is 0 Å². The van der Waals surface area contributed by atoms with Crippen LogP contribution >= 0.6 is 11.3 Å². The highest BCUT2D eigenvalue weighted by Gasteiger charge is 2.20. The average molecular weight is 275 g/mol. The van der Waals surface area contributed by atoms with Gasteiger partial charge in [0.15, 0.2) is 0 Å². The molecule has 0 saturated heterocycles. The van der Waals surface area contributed by atoms with Crippen molar-refractivity contribution in [1.29, 1.82) is 0 Å². The number of pyridine rings is 1. The highest BCUT2D eigenvalue weighted by molar-refractivity contribution is 7.17. The van der Waals surface area contributed by atoms with Crippen LogP contribution in [-0.4, -0.2) is 21.4 Å². The monoisotopic (exact) mass is 275 g/mol. The van der Waals surface area contributed by atoms with Gasteiger partial charge in [0.2, 0.25) is 0 Å². The summed E-state index contributed by atoms with van der Waals surface area (Å²) in [6, 6.07) is 3.79. The molecule has 0 aliphatic carbocycles. The van der Waals surface area contributed by atoms with E-state index >= 15 is 0 Å². The summed E-state index contributed by atoms with van der Waals surface area (Å²) in [7, 11) is 0. The van der Waals surface area contributed by atoms with Gasteiger partial charge in [-0.2, -0.15) is 0 Å². The van der Waals surface area contributed by atoms with Crippen LogP contribution in [0.5, 0.6) is 0 Å². The molecular formula is C14H17N3OS. The van der Waals surface area contributed by atoms with Gasteiger partial charge in [0.25, 0.3) is 5.91 Å². The summed E-state index contributed by atoms with van der Waals surface area (Å²) in [4.78, 5) is 21.3. The predicted molar refractivity (Wildman–Crippen MR) is 77.3 cm³/mol.